The van der Waals surface area contributed by atoms with E-state index in [1.165, 1.54) is 7.11 Å². The molecule has 0 heterocycles. The van der Waals surface area contributed by atoms with Crippen molar-refractivity contribution in [2.45, 2.75) is 19.4 Å². The van der Waals surface area contributed by atoms with Crippen molar-refractivity contribution < 1.29 is 19.1 Å². The fourth-order valence-corrected chi connectivity index (χ4v) is 1.08. The van der Waals surface area contributed by atoms with Crippen molar-refractivity contribution in [3.63, 3.8) is 0 Å². The molecule has 0 unspecified atom stereocenters. The van der Waals surface area contributed by atoms with Gasteiger partial charge in [0.05, 0.1) is 20.3 Å². The number of halogens is 1. The largest absolute Gasteiger partial charge is 0.467 e. The van der Waals surface area contributed by atoms with Crippen LogP contribution in [-0.2, 0) is 19.1 Å². The number of carbonyl (C=O) groups excluding carboxylic acids is 2. The Labute approximate surface area is 108 Å². The topological polar surface area (TPSA) is 76.7 Å². The quantitative estimate of drug-likeness (QED) is 0.490. The number of nitrogens with one attached hydrogen (secondary N) is 2. The number of rotatable bonds is 7. The van der Waals surface area contributed by atoms with Crippen LogP contribution < -0.4 is 10.6 Å². The first-order chi connectivity index (χ1) is 7.44. The van der Waals surface area contributed by atoms with Gasteiger partial charge in [0.25, 0.3) is 0 Å². The predicted octanol–water partition coefficient (Wildman–Crippen LogP) is -0.288. The van der Waals surface area contributed by atoms with Crippen LogP contribution in [0.3, 0.4) is 0 Å². The third-order valence-electron chi connectivity index (χ3n) is 1.92. The Morgan fingerprint density at radius 1 is 1.24 bits per heavy atom. The average Bonchev–Trinajstić information content (AvgIpc) is 2.22. The molecule has 0 radical (unpaired) electrons. The smallest absolute Gasteiger partial charge is 0.330 e. The lowest BCUT2D eigenvalue weighted by Gasteiger charge is -2.23. The summed E-state index contributed by atoms with van der Waals surface area (Å²) in [6, 6.07) is 0. The molecule has 1 amide bonds. The summed E-state index contributed by atoms with van der Waals surface area (Å²) in [5, 5.41) is 5.44. The minimum Gasteiger partial charge on any atom is -0.467 e. The molecule has 0 atom stereocenters. The number of ether oxygens (including phenoxy) is 2. The maximum Gasteiger partial charge on any atom is 0.330 e. The fraction of sp³-hybridized carbons (Fsp3) is 0.800. The highest BCUT2D eigenvalue weighted by Crippen LogP contribution is 2.03. The van der Waals surface area contributed by atoms with E-state index in [0.29, 0.717) is 13.2 Å². The first kappa shape index (κ1) is 18.5. The highest BCUT2D eigenvalue weighted by Gasteiger charge is 2.29. The second-order valence-electron chi connectivity index (χ2n) is 3.83. The molecule has 7 heteroatoms. The van der Waals surface area contributed by atoms with Crippen molar-refractivity contribution in [3.05, 3.63) is 0 Å². The minimum atomic E-state index is -1.01. The predicted molar refractivity (Wildman–Crippen MR) is 66.2 cm³/mol. The Morgan fingerprint density at radius 2 is 1.82 bits per heavy atom. The zero-order chi connectivity index (χ0) is 12.6. The maximum absolute atomic E-state index is 11.4. The molecule has 0 aliphatic heterocycles. The highest BCUT2D eigenvalue weighted by atomic mass is 35.5. The lowest BCUT2D eigenvalue weighted by Crippen LogP contribution is -2.52. The van der Waals surface area contributed by atoms with E-state index >= 15 is 0 Å². The van der Waals surface area contributed by atoms with Crippen LogP contribution in [0, 0.1) is 0 Å². The van der Waals surface area contributed by atoms with Crippen molar-refractivity contribution in [3.8, 4) is 0 Å². The molecule has 6 nitrogen and oxygen atoms in total. The number of methoxy groups -OCH3 is 2. The third kappa shape index (κ3) is 7.95. The standard InChI is InChI=1S/C10H20N2O4.ClH/c1-10(2,9(14)16-4)12-8(13)7-11-5-6-15-3;/h11H,5-7H2,1-4H3,(H,12,13);1H. The zero-order valence-electron chi connectivity index (χ0n) is 10.7. The molecular weight excluding hydrogens is 248 g/mol. The van der Waals surface area contributed by atoms with Crippen LogP contribution in [0.5, 0.6) is 0 Å². The van der Waals surface area contributed by atoms with E-state index < -0.39 is 11.5 Å². The molecule has 0 aromatic heterocycles. The fourth-order valence-electron chi connectivity index (χ4n) is 1.08. The van der Waals surface area contributed by atoms with Crippen molar-refractivity contribution in [1.29, 1.82) is 0 Å². The van der Waals surface area contributed by atoms with Crippen LogP contribution in [0.1, 0.15) is 13.8 Å². The van der Waals surface area contributed by atoms with Gasteiger partial charge in [-0.25, -0.2) is 4.79 Å². The van der Waals surface area contributed by atoms with Gasteiger partial charge in [0.1, 0.15) is 5.54 Å². The van der Waals surface area contributed by atoms with E-state index in [9.17, 15) is 9.59 Å². The summed E-state index contributed by atoms with van der Waals surface area (Å²) in [6.07, 6.45) is 0. The summed E-state index contributed by atoms with van der Waals surface area (Å²) in [5.41, 5.74) is -1.01. The Bertz CT molecular complexity index is 246. The lowest BCUT2D eigenvalue weighted by atomic mass is 10.1. The number of amides is 1. The Balaban J connectivity index is 0. The van der Waals surface area contributed by atoms with Gasteiger partial charge in [-0.3, -0.25) is 4.79 Å². The van der Waals surface area contributed by atoms with Crippen LogP contribution >= 0.6 is 12.4 Å². The molecule has 0 rings (SSSR count). The Morgan fingerprint density at radius 3 is 2.29 bits per heavy atom. The second kappa shape index (κ2) is 9.21. The number of hydrogen-bond acceptors (Lipinski definition) is 5. The molecule has 0 aromatic rings. The molecule has 17 heavy (non-hydrogen) atoms. The molecule has 0 aliphatic carbocycles. The van der Waals surface area contributed by atoms with Crippen LogP contribution in [-0.4, -0.2) is 51.3 Å². The van der Waals surface area contributed by atoms with E-state index in [2.05, 4.69) is 15.4 Å². The molecule has 0 bridgehead atoms. The van der Waals surface area contributed by atoms with Crippen LogP contribution in [0.25, 0.3) is 0 Å². The molecule has 0 saturated heterocycles. The lowest BCUT2D eigenvalue weighted by molar-refractivity contribution is -0.149. The summed E-state index contributed by atoms with van der Waals surface area (Å²) in [6.45, 7) is 4.44. The van der Waals surface area contributed by atoms with Crippen LogP contribution in [0.2, 0.25) is 0 Å². The molecule has 2 N–H and O–H groups in total. The summed E-state index contributed by atoms with van der Waals surface area (Å²) < 4.78 is 9.38. The van der Waals surface area contributed by atoms with Crippen LogP contribution in [0.4, 0.5) is 0 Å². The maximum atomic E-state index is 11.4. The molecule has 0 aliphatic rings. The van der Waals surface area contributed by atoms with Crippen molar-refractivity contribution in [2.24, 2.45) is 0 Å². The van der Waals surface area contributed by atoms with E-state index in [0.717, 1.165) is 0 Å². The SMILES string of the molecule is COCCNCC(=O)NC(C)(C)C(=O)OC.Cl. The summed E-state index contributed by atoms with van der Waals surface area (Å²) in [4.78, 5) is 22.7. The third-order valence-corrected chi connectivity index (χ3v) is 1.92. The van der Waals surface area contributed by atoms with Crippen LogP contribution in [0.15, 0.2) is 0 Å². The van der Waals surface area contributed by atoms with Gasteiger partial charge in [-0.05, 0) is 13.8 Å². The average molecular weight is 269 g/mol. The molecule has 102 valence electrons. The summed E-state index contributed by atoms with van der Waals surface area (Å²) >= 11 is 0. The number of esters is 1. The van der Waals surface area contributed by atoms with Gasteiger partial charge in [0.15, 0.2) is 0 Å². The van der Waals surface area contributed by atoms with E-state index in [4.69, 9.17) is 4.74 Å². The second-order valence-corrected chi connectivity index (χ2v) is 3.83. The van der Waals surface area contributed by atoms with Gasteiger partial charge in [-0.1, -0.05) is 0 Å². The minimum absolute atomic E-state index is 0. The first-order valence-electron chi connectivity index (χ1n) is 5.03. The van der Waals surface area contributed by atoms with Gasteiger partial charge in [0, 0.05) is 13.7 Å². The van der Waals surface area contributed by atoms with E-state index in [1.807, 2.05) is 0 Å². The first-order valence-corrected chi connectivity index (χ1v) is 5.03. The van der Waals surface area contributed by atoms with Gasteiger partial charge in [-0.15, -0.1) is 12.4 Å². The monoisotopic (exact) mass is 268 g/mol. The Hall–Kier alpha value is -0.850. The van der Waals surface area contributed by atoms with Crippen molar-refractivity contribution in [2.75, 3.05) is 33.9 Å². The van der Waals surface area contributed by atoms with Gasteiger partial charge < -0.3 is 20.1 Å². The van der Waals surface area contributed by atoms with Gasteiger partial charge >= 0.3 is 5.97 Å². The van der Waals surface area contributed by atoms with E-state index in [-0.39, 0.29) is 24.9 Å². The normalized spacial score (nSPS) is 10.4. The molecule has 0 spiro atoms. The van der Waals surface area contributed by atoms with Crippen molar-refractivity contribution >= 4 is 24.3 Å². The Kier molecular flexibility index (Phi) is 10.0. The molecule has 0 aromatic carbocycles. The van der Waals surface area contributed by atoms with Gasteiger partial charge in [-0.2, -0.15) is 0 Å². The number of carbonyl (C=O) groups is 2. The molecule has 0 saturated carbocycles. The number of hydrogen-bond donors (Lipinski definition) is 2. The summed E-state index contributed by atoms with van der Waals surface area (Å²) in [5.74, 6) is -0.732. The highest BCUT2D eigenvalue weighted by molar-refractivity contribution is 5.88. The molecule has 0 fully saturated rings. The zero-order valence-corrected chi connectivity index (χ0v) is 11.5. The van der Waals surface area contributed by atoms with E-state index in [1.54, 1.807) is 21.0 Å². The van der Waals surface area contributed by atoms with Gasteiger partial charge in [0.2, 0.25) is 5.91 Å². The van der Waals surface area contributed by atoms with Crippen molar-refractivity contribution in [1.82, 2.24) is 10.6 Å². The summed E-state index contributed by atoms with van der Waals surface area (Å²) in [7, 11) is 2.87. The molecular formula is C10H21ClN2O4.